The van der Waals surface area contributed by atoms with Crippen LogP contribution in [0.4, 0.5) is 0 Å². The molecule has 0 atom stereocenters. The van der Waals surface area contributed by atoms with Gasteiger partial charge in [0.2, 0.25) is 5.91 Å². The molecule has 4 nitrogen and oxygen atoms in total. The van der Waals surface area contributed by atoms with E-state index >= 15 is 0 Å². The van der Waals surface area contributed by atoms with Crippen LogP contribution in [0.3, 0.4) is 0 Å². The summed E-state index contributed by atoms with van der Waals surface area (Å²) in [4.78, 5) is 16.2. The van der Waals surface area contributed by atoms with Crippen molar-refractivity contribution in [1.82, 2.24) is 4.90 Å². The van der Waals surface area contributed by atoms with Crippen molar-refractivity contribution < 1.29 is 14.4 Å². The highest BCUT2D eigenvalue weighted by molar-refractivity contribution is 5.79. The van der Waals surface area contributed by atoms with Gasteiger partial charge in [-0.15, -0.1) is 0 Å². The van der Waals surface area contributed by atoms with Crippen LogP contribution >= 0.6 is 0 Å². The van der Waals surface area contributed by atoms with Gasteiger partial charge >= 0.3 is 0 Å². The first-order chi connectivity index (χ1) is 11.5. The molecular formula is C20H31N2O2+. The molecule has 1 aliphatic rings. The van der Waals surface area contributed by atoms with E-state index in [0.29, 0.717) is 12.5 Å². The first-order valence-electron chi connectivity index (χ1n) is 8.93. The Balaban J connectivity index is 1.83. The molecule has 0 radical (unpaired) electrons. The number of piperidine rings is 1. The number of nitrogens with one attached hydrogen (secondary N) is 1. The molecule has 0 aromatic heterocycles. The van der Waals surface area contributed by atoms with E-state index in [1.807, 2.05) is 30.9 Å². The highest BCUT2D eigenvalue weighted by Gasteiger charge is 2.30. The number of benzene rings is 1. The van der Waals surface area contributed by atoms with Crippen LogP contribution in [0.25, 0.3) is 0 Å². The fourth-order valence-electron chi connectivity index (χ4n) is 3.41. The molecule has 0 bridgehead atoms. The largest absolute Gasteiger partial charge is 0.497 e. The lowest BCUT2D eigenvalue weighted by Gasteiger charge is -2.32. The minimum atomic E-state index is 0.184. The molecule has 0 aliphatic carbocycles. The zero-order valence-corrected chi connectivity index (χ0v) is 15.3. The van der Waals surface area contributed by atoms with E-state index in [2.05, 4.69) is 18.7 Å². The van der Waals surface area contributed by atoms with Crippen LogP contribution in [0.2, 0.25) is 0 Å². The number of hydrogen-bond donors (Lipinski definition) is 1. The zero-order chi connectivity index (χ0) is 17.5. The number of ether oxygens (including phenoxy) is 1. The van der Waals surface area contributed by atoms with Gasteiger partial charge < -0.3 is 14.5 Å². The third-order valence-electron chi connectivity index (χ3n) is 4.81. The van der Waals surface area contributed by atoms with Crippen LogP contribution in [0.1, 0.15) is 32.3 Å². The van der Waals surface area contributed by atoms with E-state index in [9.17, 15) is 4.79 Å². The number of amides is 1. The monoisotopic (exact) mass is 331 g/mol. The summed E-state index contributed by atoms with van der Waals surface area (Å²) in [5, 5.41) is 0. The minimum absolute atomic E-state index is 0.184. The number of carbonyl (C=O) groups excluding carboxylic acids is 1. The molecule has 1 aromatic carbocycles. The Morgan fingerprint density at radius 1 is 1.29 bits per heavy atom. The molecule has 24 heavy (non-hydrogen) atoms. The molecule has 2 rings (SSSR count). The van der Waals surface area contributed by atoms with Crippen LogP contribution in [0, 0.1) is 5.92 Å². The van der Waals surface area contributed by atoms with Gasteiger partial charge in [-0.3, -0.25) is 4.79 Å². The maximum absolute atomic E-state index is 12.7. The van der Waals surface area contributed by atoms with Crippen LogP contribution < -0.4 is 9.64 Å². The van der Waals surface area contributed by atoms with E-state index < -0.39 is 0 Å². The van der Waals surface area contributed by atoms with Crippen LogP contribution in [-0.2, 0) is 11.3 Å². The molecule has 1 fully saturated rings. The number of methoxy groups -OCH3 is 1. The fraction of sp³-hybridized carbons (Fsp3) is 0.550. The van der Waals surface area contributed by atoms with Crippen LogP contribution in [0.5, 0.6) is 5.75 Å². The third-order valence-corrected chi connectivity index (χ3v) is 4.81. The van der Waals surface area contributed by atoms with Crippen LogP contribution in [0.15, 0.2) is 36.4 Å². The molecule has 1 saturated heterocycles. The highest BCUT2D eigenvalue weighted by Crippen LogP contribution is 2.15. The predicted octanol–water partition coefficient (Wildman–Crippen LogP) is 1.91. The lowest BCUT2D eigenvalue weighted by Crippen LogP contribution is -3.11. The summed E-state index contributed by atoms with van der Waals surface area (Å²) < 4.78 is 5.20. The lowest BCUT2D eigenvalue weighted by atomic mass is 9.94. The van der Waals surface area contributed by atoms with E-state index in [1.54, 1.807) is 12.0 Å². The van der Waals surface area contributed by atoms with Gasteiger partial charge in [-0.2, -0.15) is 0 Å². The number of carbonyl (C=O) groups is 1. The maximum Gasteiger partial charge on any atom is 0.226 e. The number of likely N-dealkylation sites (tertiary alicyclic amines) is 1. The van der Waals surface area contributed by atoms with E-state index in [0.717, 1.165) is 50.3 Å². The topological polar surface area (TPSA) is 34.0 Å². The number of likely N-dealkylation sites (N-methyl/N-ethyl adjacent to an activating group) is 1. The molecule has 1 amide bonds. The average Bonchev–Trinajstić information content (AvgIpc) is 2.60. The molecule has 0 unspecified atom stereocenters. The van der Waals surface area contributed by atoms with Gasteiger partial charge in [0, 0.05) is 37.4 Å². The van der Waals surface area contributed by atoms with E-state index in [4.69, 9.17) is 4.74 Å². The van der Waals surface area contributed by atoms with Crippen molar-refractivity contribution in [3.63, 3.8) is 0 Å². The zero-order valence-electron chi connectivity index (χ0n) is 15.3. The number of rotatable bonds is 7. The van der Waals surface area contributed by atoms with Crippen molar-refractivity contribution in [3.05, 3.63) is 42.0 Å². The van der Waals surface area contributed by atoms with Crippen molar-refractivity contribution in [2.75, 3.05) is 33.3 Å². The molecule has 1 aliphatic heterocycles. The molecule has 0 spiro atoms. The van der Waals surface area contributed by atoms with E-state index in [-0.39, 0.29) is 5.92 Å². The number of hydrogen-bond acceptors (Lipinski definition) is 2. The first kappa shape index (κ1) is 18.5. The molecule has 1 heterocycles. The Labute approximate surface area is 146 Å². The quantitative estimate of drug-likeness (QED) is 0.775. The second-order valence-electron chi connectivity index (χ2n) is 6.86. The normalized spacial score (nSPS) is 20.5. The van der Waals surface area contributed by atoms with Gasteiger partial charge in [0.25, 0.3) is 0 Å². The summed E-state index contributed by atoms with van der Waals surface area (Å²) in [6.07, 6.45) is 1.97. The Morgan fingerprint density at radius 2 is 1.92 bits per heavy atom. The van der Waals surface area contributed by atoms with Gasteiger partial charge in [0.05, 0.1) is 20.2 Å². The molecule has 1 aromatic rings. The van der Waals surface area contributed by atoms with Crippen molar-refractivity contribution in [3.8, 4) is 5.75 Å². The molecule has 132 valence electrons. The predicted molar refractivity (Wildman–Crippen MR) is 97.2 cm³/mol. The number of quaternary nitrogens is 1. The molecule has 4 heteroatoms. The standard InChI is InChI=1S/C20H30N2O2/c1-5-22(14-16(2)3)20(23)18-10-12-21(13-11-18)15-17-6-8-19(24-4)9-7-17/h6-9,18H,2,5,10-15H2,1,3-4H3/p+1. The van der Waals surface area contributed by atoms with Crippen molar-refractivity contribution in [1.29, 1.82) is 0 Å². The second-order valence-corrected chi connectivity index (χ2v) is 6.86. The SMILES string of the molecule is C=C(C)CN(CC)C(=O)C1CC[NH+](Cc2ccc(OC)cc2)CC1. The lowest BCUT2D eigenvalue weighted by molar-refractivity contribution is -0.919. The van der Waals surface area contributed by atoms with Gasteiger partial charge in [0.1, 0.15) is 12.3 Å². The second kappa shape index (κ2) is 8.88. The third kappa shape index (κ3) is 5.10. The summed E-state index contributed by atoms with van der Waals surface area (Å²) in [7, 11) is 1.69. The van der Waals surface area contributed by atoms with Crippen LogP contribution in [-0.4, -0.2) is 44.1 Å². The Morgan fingerprint density at radius 3 is 2.42 bits per heavy atom. The summed E-state index contributed by atoms with van der Waals surface area (Å²) in [6, 6.07) is 8.30. The Kier molecular flexibility index (Phi) is 6.85. The van der Waals surface area contributed by atoms with Gasteiger partial charge in [-0.05, 0) is 38.1 Å². The maximum atomic E-state index is 12.7. The van der Waals surface area contributed by atoms with Crippen molar-refractivity contribution >= 4 is 5.91 Å². The average molecular weight is 331 g/mol. The molecule has 0 saturated carbocycles. The van der Waals surface area contributed by atoms with Gasteiger partial charge in [-0.25, -0.2) is 0 Å². The summed E-state index contributed by atoms with van der Waals surface area (Å²) >= 11 is 0. The molecular weight excluding hydrogens is 300 g/mol. The molecule has 1 N–H and O–H groups in total. The fourth-order valence-corrected chi connectivity index (χ4v) is 3.41. The Bertz CT molecular complexity index is 545. The first-order valence-corrected chi connectivity index (χ1v) is 8.93. The van der Waals surface area contributed by atoms with Gasteiger partial charge in [-0.1, -0.05) is 12.2 Å². The number of nitrogens with zero attached hydrogens (tertiary/aromatic N) is 1. The Hall–Kier alpha value is -1.81. The summed E-state index contributed by atoms with van der Waals surface area (Å²) in [6.45, 7) is 12.6. The summed E-state index contributed by atoms with van der Waals surface area (Å²) in [5.41, 5.74) is 2.38. The van der Waals surface area contributed by atoms with Crippen molar-refractivity contribution in [2.45, 2.75) is 33.2 Å². The smallest absolute Gasteiger partial charge is 0.226 e. The van der Waals surface area contributed by atoms with Crippen molar-refractivity contribution in [2.24, 2.45) is 5.92 Å². The minimum Gasteiger partial charge on any atom is -0.497 e. The highest BCUT2D eigenvalue weighted by atomic mass is 16.5. The van der Waals surface area contributed by atoms with Gasteiger partial charge in [0.15, 0.2) is 0 Å². The summed E-state index contributed by atoms with van der Waals surface area (Å²) in [5.74, 6) is 1.39. The van der Waals surface area contributed by atoms with E-state index in [1.165, 1.54) is 5.56 Å².